The van der Waals surface area contributed by atoms with Gasteiger partial charge in [0.2, 0.25) is 12.2 Å². The van der Waals surface area contributed by atoms with Crippen LogP contribution in [0.15, 0.2) is 66.7 Å². The molecule has 0 aromatic heterocycles. The number of carbonyl (C=O) groups excluding carboxylic acids is 2. The number of esters is 2. The van der Waals surface area contributed by atoms with Crippen molar-refractivity contribution in [2.24, 2.45) is 0 Å². The van der Waals surface area contributed by atoms with E-state index in [1.807, 2.05) is 6.07 Å². The summed E-state index contributed by atoms with van der Waals surface area (Å²) in [6, 6.07) is 19.0. The van der Waals surface area contributed by atoms with Gasteiger partial charge in [0.1, 0.15) is 0 Å². The van der Waals surface area contributed by atoms with Crippen molar-refractivity contribution in [1.29, 1.82) is 0 Å². The molecule has 12 heteroatoms. The number of aryl methyl sites for hydroxylation is 2. The number of carbonyl (C=O) groups is 5. The maximum absolute atomic E-state index is 12.2. The molecule has 0 spiro atoms. The van der Waals surface area contributed by atoms with Crippen LogP contribution in [0.5, 0.6) is 0 Å². The lowest BCUT2D eigenvalue weighted by Crippen LogP contribution is -2.45. The molecule has 290 valence electrons. The topological polar surface area (TPSA) is 180 Å². The summed E-state index contributed by atoms with van der Waals surface area (Å²) in [5.41, 5.74) is 5.54. The van der Waals surface area contributed by atoms with E-state index in [4.69, 9.17) is 9.47 Å². The largest absolute Gasteiger partial charge is 0.478 e. The van der Waals surface area contributed by atoms with Gasteiger partial charge in [-0.25, -0.2) is 24.0 Å². The minimum absolute atomic E-state index is 0.0332. The fourth-order valence-electron chi connectivity index (χ4n) is 7.20. The van der Waals surface area contributed by atoms with Crippen LogP contribution in [0.25, 0.3) is 0 Å². The highest BCUT2D eigenvalue weighted by Crippen LogP contribution is 2.45. The number of anilines is 1. The van der Waals surface area contributed by atoms with Gasteiger partial charge in [-0.05, 0) is 93.6 Å². The number of hydrogen-bond donors (Lipinski definition) is 4. The van der Waals surface area contributed by atoms with E-state index in [-0.39, 0.29) is 22.6 Å². The van der Waals surface area contributed by atoms with E-state index in [2.05, 4.69) is 38.2 Å². The van der Waals surface area contributed by atoms with Crippen molar-refractivity contribution in [3.8, 4) is 0 Å². The van der Waals surface area contributed by atoms with Crippen LogP contribution >= 0.6 is 0 Å². The zero-order chi connectivity index (χ0) is 39.6. The van der Waals surface area contributed by atoms with E-state index in [1.165, 1.54) is 54.7 Å². The first kappa shape index (κ1) is 41.5. The lowest BCUT2D eigenvalue weighted by molar-refractivity contribution is -0.166. The van der Waals surface area contributed by atoms with Crippen LogP contribution in [0.2, 0.25) is 0 Å². The molecule has 2 aliphatic rings. The summed E-state index contributed by atoms with van der Waals surface area (Å²) in [5.74, 6) is -5.62. The second-order valence-electron chi connectivity index (χ2n) is 14.3. The van der Waals surface area contributed by atoms with Crippen LogP contribution in [0.1, 0.15) is 109 Å². The molecule has 0 radical (unpaired) electrons. The number of nitrogens with zero attached hydrogens (tertiary/aromatic N) is 1. The van der Waals surface area contributed by atoms with Crippen molar-refractivity contribution in [3.05, 3.63) is 100 Å². The molecular weight excluding hydrogens is 692 g/mol. The Kier molecular flexibility index (Phi) is 14.4. The second kappa shape index (κ2) is 18.7. The number of hydrogen-bond acceptors (Lipinski definition) is 8. The van der Waals surface area contributed by atoms with Crippen LogP contribution in [-0.2, 0) is 30.9 Å². The molecule has 54 heavy (non-hydrogen) atoms. The van der Waals surface area contributed by atoms with Gasteiger partial charge < -0.3 is 30.1 Å². The highest BCUT2D eigenvalue weighted by molar-refractivity contribution is 5.95. The number of carboxylic acid groups (broad SMARTS) is 3. The molecule has 1 saturated heterocycles. The second-order valence-corrected chi connectivity index (χ2v) is 14.3. The standard InChI is InChI=1S/C22H34N2O2.C20H18O8/c1-4-6-7-8-9-17(5-2)24(21(25)26)18-11-10-16-14-20-22(3,12-13-23-20)19(16)15-18;1-11-3-7-13(8-4-11)19(25)27-15(17(21)22)16(18(23)24)28-20(26)14-9-5-12(2)6-10-14/h10-11,15,17,20,23H,4-9,12-14H2,1-3H3,(H,25,26);3-10,15-16H,1-2H3,(H,21,22)(H,23,24)/t17?,20-,22+;15-,16-/m11/s1. The zero-order valence-corrected chi connectivity index (χ0v) is 31.7. The quantitative estimate of drug-likeness (QED) is 0.0905. The van der Waals surface area contributed by atoms with Gasteiger partial charge in [-0.3, -0.25) is 4.90 Å². The first-order chi connectivity index (χ1) is 25.7. The fourth-order valence-corrected chi connectivity index (χ4v) is 7.20. The van der Waals surface area contributed by atoms with E-state index in [0.29, 0.717) is 6.04 Å². The molecule has 5 rings (SSSR count). The molecule has 0 saturated carbocycles. The van der Waals surface area contributed by atoms with Crippen molar-refractivity contribution >= 4 is 35.7 Å². The number of amides is 1. The summed E-state index contributed by atoms with van der Waals surface area (Å²) >= 11 is 0. The van der Waals surface area contributed by atoms with E-state index >= 15 is 0 Å². The number of fused-ring (bicyclic) bond motifs is 3. The van der Waals surface area contributed by atoms with Crippen LogP contribution in [-0.4, -0.2) is 76.1 Å². The summed E-state index contributed by atoms with van der Waals surface area (Å²) in [4.78, 5) is 61.1. The Morgan fingerprint density at radius 3 is 1.80 bits per heavy atom. The lowest BCUT2D eigenvalue weighted by Gasteiger charge is -2.31. The van der Waals surface area contributed by atoms with Crippen molar-refractivity contribution < 1.29 is 48.8 Å². The first-order valence-corrected chi connectivity index (χ1v) is 18.6. The number of nitrogens with one attached hydrogen (secondary N) is 1. The Hall–Kier alpha value is -5.23. The maximum Gasteiger partial charge on any atom is 0.412 e. The molecule has 3 aromatic carbocycles. The van der Waals surface area contributed by atoms with Gasteiger partial charge in [-0.1, -0.05) is 87.9 Å². The number of unbranched alkanes of at least 4 members (excludes halogenated alkanes) is 3. The molecule has 1 amide bonds. The Balaban J connectivity index is 0.000000241. The van der Waals surface area contributed by atoms with Crippen LogP contribution in [0.4, 0.5) is 10.5 Å². The number of aliphatic carboxylic acids is 2. The summed E-state index contributed by atoms with van der Waals surface area (Å²) in [6.07, 6.45) is 3.47. The molecule has 1 fully saturated rings. The molecular formula is C42H52N2O10. The van der Waals surface area contributed by atoms with Gasteiger partial charge in [0.05, 0.1) is 11.1 Å². The van der Waals surface area contributed by atoms with E-state index in [0.717, 1.165) is 55.5 Å². The van der Waals surface area contributed by atoms with Crippen molar-refractivity contribution in [3.63, 3.8) is 0 Å². The summed E-state index contributed by atoms with van der Waals surface area (Å²) in [6.45, 7) is 11.3. The maximum atomic E-state index is 12.2. The molecule has 1 aliphatic carbocycles. The summed E-state index contributed by atoms with van der Waals surface area (Å²) in [7, 11) is 0. The van der Waals surface area contributed by atoms with Crippen molar-refractivity contribution in [2.45, 2.75) is 116 Å². The van der Waals surface area contributed by atoms with E-state index in [1.54, 1.807) is 43.0 Å². The number of carboxylic acids is 2. The average molecular weight is 745 g/mol. The Bertz CT molecular complexity index is 1720. The number of benzene rings is 3. The predicted octanol–water partition coefficient (Wildman–Crippen LogP) is 7.32. The van der Waals surface area contributed by atoms with Gasteiger partial charge in [0.15, 0.2) is 0 Å². The third-order valence-electron chi connectivity index (χ3n) is 10.5. The molecule has 1 unspecified atom stereocenters. The monoisotopic (exact) mass is 744 g/mol. The molecule has 5 atom stereocenters. The lowest BCUT2D eigenvalue weighted by atomic mass is 9.80. The highest BCUT2D eigenvalue weighted by Gasteiger charge is 2.46. The van der Waals surface area contributed by atoms with E-state index < -0.39 is 42.2 Å². The summed E-state index contributed by atoms with van der Waals surface area (Å²) < 4.78 is 9.64. The molecule has 3 aromatic rings. The van der Waals surface area contributed by atoms with Crippen molar-refractivity contribution in [2.75, 3.05) is 11.4 Å². The minimum atomic E-state index is -2.22. The molecule has 1 aliphatic heterocycles. The van der Waals surface area contributed by atoms with Crippen LogP contribution in [0, 0.1) is 13.8 Å². The van der Waals surface area contributed by atoms with E-state index in [9.17, 15) is 39.3 Å². The minimum Gasteiger partial charge on any atom is -0.478 e. The third-order valence-corrected chi connectivity index (χ3v) is 10.5. The zero-order valence-electron chi connectivity index (χ0n) is 31.7. The fraction of sp³-hybridized carbons (Fsp3) is 0.452. The van der Waals surface area contributed by atoms with Gasteiger partial charge in [-0.2, -0.15) is 0 Å². The smallest absolute Gasteiger partial charge is 0.412 e. The normalized spacial score (nSPS) is 18.5. The third kappa shape index (κ3) is 10.0. The summed E-state index contributed by atoms with van der Waals surface area (Å²) in [5, 5.41) is 32.2. The molecule has 1 heterocycles. The Morgan fingerprint density at radius 1 is 0.796 bits per heavy atom. The molecule has 12 nitrogen and oxygen atoms in total. The Labute approximate surface area is 316 Å². The van der Waals surface area contributed by atoms with Crippen molar-refractivity contribution in [1.82, 2.24) is 5.32 Å². The SMILES string of the molecule is CCCCCCC(CC)N(C(=O)O)c1ccc2c(c1)[C@]1(C)CCN[C@@H]1C2.Cc1ccc(C(=O)O[C@@H](C(=O)O)[C@@H](OC(=O)c2ccc(C)cc2)C(=O)O)cc1. The molecule has 0 bridgehead atoms. The number of rotatable bonds is 15. The van der Waals surface area contributed by atoms with Gasteiger partial charge in [-0.15, -0.1) is 0 Å². The predicted molar refractivity (Wildman–Crippen MR) is 203 cm³/mol. The average Bonchev–Trinajstić information content (AvgIpc) is 3.64. The Morgan fingerprint density at radius 2 is 1.33 bits per heavy atom. The van der Waals surface area contributed by atoms with Gasteiger partial charge >= 0.3 is 30.0 Å². The van der Waals surface area contributed by atoms with Crippen LogP contribution < -0.4 is 10.2 Å². The highest BCUT2D eigenvalue weighted by atomic mass is 16.6. The van der Waals surface area contributed by atoms with Gasteiger partial charge in [0, 0.05) is 23.2 Å². The molecule has 4 N–H and O–H groups in total. The first-order valence-electron chi connectivity index (χ1n) is 18.6. The van der Waals surface area contributed by atoms with Gasteiger partial charge in [0.25, 0.3) is 0 Å². The number of ether oxygens (including phenoxy) is 2. The van der Waals surface area contributed by atoms with Crippen LogP contribution in [0.3, 0.4) is 0 Å².